The largest absolute Gasteiger partial charge is 0.419 e. The molecule has 3 heterocycles. The number of carbonyl (C=O) groups excluding carboxylic acids is 1. The number of benzene rings is 1. The normalized spacial score (nSPS) is 14.0. The van der Waals surface area contributed by atoms with Gasteiger partial charge in [-0.3, -0.25) is 9.36 Å². The molecule has 140 valence electrons. The number of aryl methyl sites for hydroxylation is 1. The molecule has 1 amide bonds. The summed E-state index contributed by atoms with van der Waals surface area (Å²) in [4.78, 5) is 30.9. The molecule has 0 bridgehead atoms. The third-order valence-electron chi connectivity index (χ3n) is 4.65. The van der Waals surface area contributed by atoms with E-state index in [-0.39, 0.29) is 18.9 Å². The first kappa shape index (κ1) is 17.6. The van der Waals surface area contributed by atoms with Crippen LogP contribution < -0.4 is 16.0 Å². The van der Waals surface area contributed by atoms with Crippen molar-refractivity contribution in [3.63, 3.8) is 0 Å². The van der Waals surface area contributed by atoms with Crippen molar-refractivity contribution in [3.05, 3.63) is 52.1 Å². The van der Waals surface area contributed by atoms with E-state index < -0.39 is 5.76 Å². The lowest BCUT2D eigenvalue weighted by Crippen LogP contribution is -2.20. The second kappa shape index (κ2) is 7.44. The molecule has 0 radical (unpaired) electrons. The fraction of sp³-hybridized carbons (Fsp3) is 0.316. The molecule has 0 aliphatic carbocycles. The van der Waals surface area contributed by atoms with Gasteiger partial charge in [-0.2, -0.15) is 0 Å². The second-order valence-corrected chi connectivity index (χ2v) is 6.97. The maximum Gasteiger partial charge on any atom is 0.419 e. The summed E-state index contributed by atoms with van der Waals surface area (Å²) in [5, 5.41) is 3.30. The van der Waals surface area contributed by atoms with Gasteiger partial charge in [0.15, 0.2) is 5.58 Å². The van der Waals surface area contributed by atoms with Crippen LogP contribution in [0.15, 0.2) is 45.7 Å². The summed E-state index contributed by atoms with van der Waals surface area (Å²) in [7, 11) is 0. The van der Waals surface area contributed by atoms with Gasteiger partial charge in [0.1, 0.15) is 5.82 Å². The van der Waals surface area contributed by atoms with E-state index in [0.29, 0.717) is 21.8 Å². The molecule has 4 rings (SSSR count). The molecule has 7 nitrogen and oxygen atoms in total. The molecule has 3 aromatic rings. The number of oxazole rings is 1. The van der Waals surface area contributed by atoms with Crippen LogP contribution in [0.2, 0.25) is 5.02 Å². The minimum Gasteiger partial charge on any atom is -0.408 e. The van der Waals surface area contributed by atoms with Gasteiger partial charge < -0.3 is 14.6 Å². The lowest BCUT2D eigenvalue weighted by atomic mass is 10.3. The van der Waals surface area contributed by atoms with Gasteiger partial charge in [0, 0.05) is 37.1 Å². The number of nitrogens with one attached hydrogen (secondary N) is 1. The van der Waals surface area contributed by atoms with E-state index in [9.17, 15) is 9.59 Å². The number of halogens is 1. The van der Waals surface area contributed by atoms with E-state index in [2.05, 4.69) is 15.2 Å². The monoisotopic (exact) mass is 386 g/mol. The van der Waals surface area contributed by atoms with Crippen molar-refractivity contribution in [3.8, 4) is 0 Å². The Kier molecular flexibility index (Phi) is 4.85. The Morgan fingerprint density at radius 1 is 1.22 bits per heavy atom. The number of fused-ring (bicyclic) bond motifs is 1. The third kappa shape index (κ3) is 3.83. The van der Waals surface area contributed by atoms with Gasteiger partial charge in [-0.15, -0.1) is 0 Å². The Morgan fingerprint density at radius 2 is 2.04 bits per heavy atom. The number of pyridine rings is 1. The predicted octanol–water partition coefficient (Wildman–Crippen LogP) is 3.27. The van der Waals surface area contributed by atoms with Crippen LogP contribution in [0, 0.1) is 0 Å². The van der Waals surface area contributed by atoms with Crippen molar-refractivity contribution >= 4 is 40.1 Å². The van der Waals surface area contributed by atoms with E-state index >= 15 is 0 Å². The number of carbonyl (C=O) groups is 1. The number of hydrogen-bond donors (Lipinski definition) is 1. The molecule has 0 atom stereocenters. The van der Waals surface area contributed by atoms with Crippen molar-refractivity contribution in [2.75, 3.05) is 23.3 Å². The summed E-state index contributed by atoms with van der Waals surface area (Å²) >= 11 is 5.91. The summed E-state index contributed by atoms with van der Waals surface area (Å²) in [6.45, 7) is 2.27. The van der Waals surface area contributed by atoms with Gasteiger partial charge in [-0.1, -0.05) is 11.6 Å². The van der Waals surface area contributed by atoms with E-state index in [1.165, 1.54) is 17.4 Å². The first-order chi connectivity index (χ1) is 13.1. The van der Waals surface area contributed by atoms with Crippen LogP contribution in [-0.4, -0.2) is 28.5 Å². The molecular weight excluding hydrogens is 368 g/mol. The zero-order valence-electron chi connectivity index (χ0n) is 14.7. The van der Waals surface area contributed by atoms with Crippen molar-refractivity contribution < 1.29 is 9.21 Å². The molecule has 0 unspecified atom stereocenters. The van der Waals surface area contributed by atoms with Crippen LogP contribution in [0.5, 0.6) is 0 Å². The van der Waals surface area contributed by atoms with Crippen LogP contribution in [0.25, 0.3) is 11.1 Å². The van der Waals surface area contributed by atoms with Gasteiger partial charge >= 0.3 is 5.76 Å². The average Bonchev–Trinajstić information content (AvgIpc) is 3.28. The molecule has 2 aromatic heterocycles. The number of anilines is 2. The highest BCUT2D eigenvalue weighted by Gasteiger charge is 2.14. The zero-order valence-corrected chi connectivity index (χ0v) is 15.4. The average molecular weight is 387 g/mol. The number of aromatic nitrogens is 2. The van der Waals surface area contributed by atoms with Gasteiger partial charge in [0.2, 0.25) is 5.91 Å². The van der Waals surface area contributed by atoms with Gasteiger partial charge in [-0.05, 0) is 37.1 Å². The van der Waals surface area contributed by atoms with Crippen LogP contribution >= 0.6 is 11.6 Å². The molecule has 0 spiro atoms. The van der Waals surface area contributed by atoms with Crippen molar-refractivity contribution in [2.45, 2.75) is 25.8 Å². The van der Waals surface area contributed by atoms with Crippen LogP contribution in [0.4, 0.5) is 11.5 Å². The molecule has 1 N–H and O–H groups in total. The summed E-state index contributed by atoms with van der Waals surface area (Å²) in [5.74, 6) is 0.234. The Bertz CT molecular complexity index is 1020. The van der Waals surface area contributed by atoms with E-state index in [1.54, 1.807) is 24.4 Å². The maximum atomic E-state index is 12.2. The molecule has 0 saturated carbocycles. The molecule has 1 aromatic carbocycles. The molecule has 1 fully saturated rings. The smallest absolute Gasteiger partial charge is 0.408 e. The highest BCUT2D eigenvalue weighted by atomic mass is 35.5. The van der Waals surface area contributed by atoms with E-state index in [1.807, 2.05) is 12.1 Å². The number of hydrogen-bond acceptors (Lipinski definition) is 5. The van der Waals surface area contributed by atoms with E-state index in [4.69, 9.17) is 16.0 Å². The Labute approximate surface area is 160 Å². The lowest BCUT2D eigenvalue weighted by molar-refractivity contribution is -0.116. The topological polar surface area (TPSA) is 80.4 Å². The summed E-state index contributed by atoms with van der Waals surface area (Å²) in [5.41, 5.74) is 1.67. The standard InChI is InChI=1S/C19H19ClN4O3/c20-13-3-5-15-16(11-13)27-19(26)24(15)10-7-18(25)22-14-4-6-17(21-12-14)23-8-1-2-9-23/h3-6,11-12H,1-2,7-10H2,(H,22,25). The highest BCUT2D eigenvalue weighted by Crippen LogP contribution is 2.20. The lowest BCUT2D eigenvalue weighted by Gasteiger charge is -2.16. The molecule has 1 aliphatic rings. The fourth-order valence-electron chi connectivity index (χ4n) is 3.28. The molecular formula is C19H19ClN4O3. The number of amides is 1. The highest BCUT2D eigenvalue weighted by molar-refractivity contribution is 6.31. The minimum atomic E-state index is -0.503. The van der Waals surface area contributed by atoms with Crippen molar-refractivity contribution in [1.29, 1.82) is 0 Å². The summed E-state index contributed by atoms with van der Waals surface area (Å²) < 4.78 is 6.60. The number of rotatable bonds is 5. The van der Waals surface area contributed by atoms with Crippen molar-refractivity contribution in [1.82, 2.24) is 9.55 Å². The summed E-state index contributed by atoms with van der Waals surface area (Å²) in [6.07, 6.45) is 4.18. The van der Waals surface area contributed by atoms with Crippen LogP contribution in [-0.2, 0) is 11.3 Å². The van der Waals surface area contributed by atoms with Crippen LogP contribution in [0.3, 0.4) is 0 Å². The zero-order chi connectivity index (χ0) is 18.8. The quantitative estimate of drug-likeness (QED) is 0.727. The Balaban J connectivity index is 1.38. The van der Waals surface area contributed by atoms with Crippen molar-refractivity contribution in [2.24, 2.45) is 0 Å². The predicted molar refractivity (Wildman–Crippen MR) is 104 cm³/mol. The van der Waals surface area contributed by atoms with Gasteiger partial charge in [0.25, 0.3) is 0 Å². The molecule has 8 heteroatoms. The third-order valence-corrected chi connectivity index (χ3v) is 4.89. The van der Waals surface area contributed by atoms with Gasteiger partial charge in [0.05, 0.1) is 17.4 Å². The number of nitrogens with zero attached hydrogens (tertiary/aromatic N) is 3. The second-order valence-electron chi connectivity index (χ2n) is 6.53. The molecule has 1 aliphatic heterocycles. The Hall–Kier alpha value is -2.80. The molecule has 27 heavy (non-hydrogen) atoms. The fourth-order valence-corrected chi connectivity index (χ4v) is 3.44. The first-order valence-corrected chi connectivity index (χ1v) is 9.28. The maximum absolute atomic E-state index is 12.2. The van der Waals surface area contributed by atoms with Crippen LogP contribution in [0.1, 0.15) is 19.3 Å². The Morgan fingerprint density at radius 3 is 2.78 bits per heavy atom. The van der Waals surface area contributed by atoms with E-state index in [0.717, 1.165) is 18.9 Å². The molecule has 1 saturated heterocycles. The minimum absolute atomic E-state index is 0.144. The first-order valence-electron chi connectivity index (χ1n) is 8.90. The SMILES string of the molecule is O=C(CCn1c(=O)oc2cc(Cl)ccc21)Nc1ccc(N2CCCC2)nc1. The summed E-state index contributed by atoms with van der Waals surface area (Å²) in [6, 6.07) is 8.74. The van der Waals surface area contributed by atoms with Gasteiger partial charge in [-0.25, -0.2) is 9.78 Å².